The molecule has 1 atom stereocenters. The van der Waals surface area contributed by atoms with E-state index < -0.39 is 0 Å². The average molecular weight is 450 g/mol. The zero-order chi connectivity index (χ0) is 23.4. The molecule has 1 saturated carbocycles. The molecule has 33 heavy (non-hydrogen) atoms. The topological polar surface area (TPSA) is 61.9 Å². The summed E-state index contributed by atoms with van der Waals surface area (Å²) in [5.41, 5.74) is 4.57. The molecule has 2 aliphatic rings. The van der Waals surface area contributed by atoms with Crippen molar-refractivity contribution < 1.29 is 14.3 Å². The molecule has 1 saturated heterocycles. The van der Waals surface area contributed by atoms with Gasteiger partial charge in [-0.1, -0.05) is 24.1 Å². The van der Waals surface area contributed by atoms with Crippen molar-refractivity contribution in [2.75, 3.05) is 37.5 Å². The number of benzene rings is 2. The molecule has 0 aromatic heterocycles. The minimum absolute atomic E-state index is 0.00260. The van der Waals surface area contributed by atoms with Crippen molar-refractivity contribution in [2.45, 2.75) is 51.7 Å². The van der Waals surface area contributed by atoms with Gasteiger partial charge in [0, 0.05) is 56.6 Å². The highest BCUT2D eigenvalue weighted by Gasteiger charge is 2.27. The molecule has 2 aromatic rings. The first-order valence-electron chi connectivity index (χ1n) is 12.0. The third-order valence-corrected chi connectivity index (χ3v) is 6.67. The number of hydrogen-bond acceptors (Lipinski definition) is 4. The van der Waals surface area contributed by atoms with Crippen LogP contribution in [0.5, 0.6) is 0 Å². The van der Waals surface area contributed by atoms with Gasteiger partial charge in [-0.2, -0.15) is 0 Å². The van der Waals surface area contributed by atoms with E-state index >= 15 is 0 Å². The number of anilines is 2. The second kappa shape index (κ2) is 10.4. The lowest BCUT2D eigenvalue weighted by molar-refractivity contribution is -0.122. The Morgan fingerprint density at radius 1 is 1.06 bits per heavy atom. The van der Waals surface area contributed by atoms with Crippen molar-refractivity contribution in [3.8, 4) is 0 Å². The minimum Gasteiger partial charge on any atom is -0.377 e. The van der Waals surface area contributed by atoms with E-state index in [0.29, 0.717) is 18.7 Å². The Hall–Kier alpha value is -2.86. The molecule has 1 N–H and O–H groups in total. The van der Waals surface area contributed by atoms with Crippen molar-refractivity contribution in [3.05, 3.63) is 59.2 Å². The van der Waals surface area contributed by atoms with E-state index in [9.17, 15) is 9.59 Å². The monoisotopic (exact) mass is 449 g/mol. The summed E-state index contributed by atoms with van der Waals surface area (Å²) in [5.74, 6) is 0.223. The van der Waals surface area contributed by atoms with E-state index in [1.54, 1.807) is 0 Å². The summed E-state index contributed by atoms with van der Waals surface area (Å²) < 4.78 is 5.87. The lowest BCUT2D eigenvalue weighted by Crippen LogP contribution is -2.37. The molecule has 0 bridgehead atoms. The summed E-state index contributed by atoms with van der Waals surface area (Å²) >= 11 is 0. The number of carbonyl (C=O) groups excluding carboxylic acids is 2. The van der Waals surface area contributed by atoms with Crippen LogP contribution in [0.1, 0.15) is 53.6 Å². The van der Waals surface area contributed by atoms with E-state index in [1.807, 2.05) is 73.3 Å². The Bertz CT molecular complexity index is 994. The predicted octanol–water partition coefficient (Wildman–Crippen LogP) is 4.62. The van der Waals surface area contributed by atoms with E-state index in [1.165, 1.54) is 0 Å². The second-order valence-corrected chi connectivity index (χ2v) is 9.55. The molecule has 6 heteroatoms. The van der Waals surface area contributed by atoms with Crippen LogP contribution in [0.15, 0.2) is 42.5 Å². The molecule has 2 fully saturated rings. The van der Waals surface area contributed by atoms with E-state index in [2.05, 4.69) is 5.32 Å². The van der Waals surface area contributed by atoms with Crippen LogP contribution in [-0.2, 0) is 16.1 Å². The highest BCUT2D eigenvalue weighted by Crippen LogP contribution is 2.30. The number of aryl methyl sites for hydroxylation is 1. The van der Waals surface area contributed by atoms with Gasteiger partial charge in [-0.3, -0.25) is 9.59 Å². The number of nitrogens with one attached hydrogen (secondary N) is 1. The number of nitrogens with zero attached hydrogens (tertiary/aromatic N) is 2. The van der Waals surface area contributed by atoms with Gasteiger partial charge < -0.3 is 19.9 Å². The van der Waals surface area contributed by atoms with Crippen LogP contribution in [0.4, 0.5) is 11.4 Å². The molecule has 0 radical (unpaired) electrons. The highest BCUT2D eigenvalue weighted by atomic mass is 16.5. The smallest absolute Gasteiger partial charge is 0.254 e. The largest absolute Gasteiger partial charge is 0.377 e. The minimum atomic E-state index is 0.00260. The second-order valence-electron chi connectivity index (χ2n) is 9.55. The first-order valence-corrected chi connectivity index (χ1v) is 12.0. The Morgan fingerprint density at radius 3 is 2.52 bits per heavy atom. The number of rotatable bonds is 8. The van der Waals surface area contributed by atoms with Gasteiger partial charge in [0.15, 0.2) is 0 Å². The van der Waals surface area contributed by atoms with Crippen molar-refractivity contribution in [1.29, 1.82) is 0 Å². The fraction of sp³-hybridized carbons (Fsp3) is 0.481. The lowest BCUT2D eigenvalue weighted by Gasteiger charge is -2.29. The van der Waals surface area contributed by atoms with Crippen LogP contribution in [-0.4, -0.2) is 50.1 Å². The van der Waals surface area contributed by atoms with Crippen molar-refractivity contribution in [2.24, 2.45) is 5.92 Å². The summed E-state index contributed by atoms with van der Waals surface area (Å²) in [6.45, 7) is 3.76. The normalized spacial score (nSPS) is 18.0. The van der Waals surface area contributed by atoms with Gasteiger partial charge >= 0.3 is 0 Å². The molecule has 0 unspecified atom stereocenters. The summed E-state index contributed by atoms with van der Waals surface area (Å²) in [6.07, 6.45) is 5.12. The van der Waals surface area contributed by atoms with Gasteiger partial charge in [-0.25, -0.2) is 0 Å². The molecule has 1 heterocycles. The van der Waals surface area contributed by atoms with Gasteiger partial charge in [0.05, 0.1) is 6.10 Å². The van der Waals surface area contributed by atoms with E-state index in [4.69, 9.17) is 4.74 Å². The van der Waals surface area contributed by atoms with Crippen LogP contribution in [0.25, 0.3) is 0 Å². The summed E-state index contributed by atoms with van der Waals surface area (Å²) in [6, 6.07) is 13.7. The van der Waals surface area contributed by atoms with Gasteiger partial charge in [0.1, 0.15) is 0 Å². The quantitative estimate of drug-likeness (QED) is 0.639. The van der Waals surface area contributed by atoms with Crippen molar-refractivity contribution in [1.82, 2.24) is 4.90 Å². The standard InChI is InChI=1S/C27H35N3O3/c1-19-7-4-10-21(15-19)27(32)30(18-24-11-6-14-33-24)17-22-16-23(12-13-25(22)29(2)3)28-26(31)20-8-5-9-20/h4,7,10,12-13,15-16,20,24H,5-6,8-9,11,14,17-18H2,1-3H3,(H,28,31)/t24-/m0/s1. The van der Waals surface area contributed by atoms with Gasteiger partial charge in [0.25, 0.3) is 5.91 Å². The zero-order valence-electron chi connectivity index (χ0n) is 20.0. The Labute approximate surface area is 196 Å². The molecular formula is C27H35N3O3. The zero-order valence-corrected chi connectivity index (χ0v) is 20.0. The first kappa shape index (κ1) is 23.3. The number of hydrogen-bond donors (Lipinski definition) is 1. The van der Waals surface area contributed by atoms with Crippen LogP contribution in [0.2, 0.25) is 0 Å². The maximum atomic E-state index is 13.6. The van der Waals surface area contributed by atoms with Crippen LogP contribution in [0.3, 0.4) is 0 Å². The molecule has 2 aromatic carbocycles. The molecule has 1 aliphatic heterocycles. The summed E-state index contributed by atoms with van der Waals surface area (Å²) in [4.78, 5) is 30.0. The third-order valence-electron chi connectivity index (χ3n) is 6.67. The third kappa shape index (κ3) is 5.74. The van der Waals surface area contributed by atoms with E-state index in [0.717, 1.165) is 61.2 Å². The maximum absolute atomic E-state index is 13.6. The van der Waals surface area contributed by atoms with Crippen LogP contribution in [0, 0.1) is 12.8 Å². The van der Waals surface area contributed by atoms with Crippen molar-refractivity contribution >= 4 is 23.2 Å². The van der Waals surface area contributed by atoms with Gasteiger partial charge in [-0.15, -0.1) is 0 Å². The molecular weight excluding hydrogens is 414 g/mol. The fourth-order valence-electron chi connectivity index (χ4n) is 4.56. The molecule has 0 spiro atoms. The highest BCUT2D eigenvalue weighted by molar-refractivity contribution is 5.95. The lowest BCUT2D eigenvalue weighted by atomic mass is 9.85. The van der Waals surface area contributed by atoms with Crippen molar-refractivity contribution in [3.63, 3.8) is 0 Å². The Morgan fingerprint density at radius 2 is 1.88 bits per heavy atom. The first-order chi connectivity index (χ1) is 15.9. The molecule has 1 aliphatic carbocycles. The Kier molecular flexibility index (Phi) is 7.33. The summed E-state index contributed by atoms with van der Waals surface area (Å²) in [7, 11) is 4.00. The molecule has 2 amide bonds. The molecule has 6 nitrogen and oxygen atoms in total. The maximum Gasteiger partial charge on any atom is 0.254 e. The van der Waals surface area contributed by atoms with Crippen LogP contribution < -0.4 is 10.2 Å². The number of carbonyl (C=O) groups is 2. The SMILES string of the molecule is Cc1cccc(C(=O)N(Cc2cc(NC(=O)C3CCC3)ccc2N(C)C)C[C@@H]2CCCO2)c1. The molecule has 4 rings (SSSR count). The van der Waals surface area contributed by atoms with Gasteiger partial charge in [0.2, 0.25) is 5.91 Å². The number of amides is 2. The fourth-order valence-corrected chi connectivity index (χ4v) is 4.56. The van der Waals surface area contributed by atoms with Gasteiger partial charge in [-0.05, 0) is 68.5 Å². The Balaban J connectivity index is 1.60. The summed E-state index contributed by atoms with van der Waals surface area (Å²) in [5, 5.41) is 3.08. The average Bonchev–Trinajstić information content (AvgIpc) is 3.24. The van der Waals surface area contributed by atoms with Crippen LogP contribution >= 0.6 is 0 Å². The predicted molar refractivity (Wildman–Crippen MR) is 132 cm³/mol. The number of ether oxygens (including phenoxy) is 1. The molecule has 176 valence electrons. The van der Waals surface area contributed by atoms with E-state index in [-0.39, 0.29) is 23.8 Å².